The highest BCUT2D eigenvalue weighted by Gasteiger charge is 2.41. The Labute approximate surface area is 126 Å². The minimum Gasteiger partial charge on any atom is -0.447 e. The Morgan fingerprint density at radius 3 is 2.95 bits per heavy atom. The van der Waals surface area contributed by atoms with Crippen molar-refractivity contribution in [2.75, 3.05) is 26.7 Å². The first kappa shape index (κ1) is 15.0. The van der Waals surface area contributed by atoms with Crippen LogP contribution in [-0.2, 0) is 16.6 Å². The van der Waals surface area contributed by atoms with Crippen molar-refractivity contribution < 1.29 is 12.8 Å². The number of furan rings is 1. The molecule has 118 valence electrons. The SMILES string of the molecule is CNCc1ccc(S(=O)(=O)N2CC3CCCN3CC2C)o1. The van der Waals surface area contributed by atoms with Crippen molar-refractivity contribution in [1.82, 2.24) is 14.5 Å². The Kier molecular flexibility index (Phi) is 4.09. The zero-order valence-corrected chi connectivity index (χ0v) is 13.4. The third kappa shape index (κ3) is 2.75. The number of hydrogen-bond donors (Lipinski definition) is 1. The number of piperazine rings is 1. The van der Waals surface area contributed by atoms with Crippen molar-refractivity contribution in [1.29, 1.82) is 0 Å². The molecular weight excluding hydrogens is 290 g/mol. The second kappa shape index (κ2) is 5.72. The summed E-state index contributed by atoms with van der Waals surface area (Å²) in [4.78, 5) is 2.41. The minimum atomic E-state index is -3.54. The monoisotopic (exact) mass is 313 g/mol. The first-order valence-electron chi connectivity index (χ1n) is 7.51. The lowest BCUT2D eigenvalue weighted by Gasteiger charge is -2.40. The van der Waals surface area contributed by atoms with E-state index in [1.165, 1.54) is 6.42 Å². The molecule has 2 aliphatic rings. The quantitative estimate of drug-likeness (QED) is 0.893. The Bertz CT molecular complexity index is 598. The highest BCUT2D eigenvalue weighted by atomic mass is 32.2. The molecule has 3 rings (SSSR count). The van der Waals surface area contributed by atoms with Crippen LogP contribution in [0.25, 0.3) is 0 Å². The molecule has 2 fully saturated rings. The van der Waals surface area contributed by atoms with Crippen LogP contribution in [0, 0.1) is 0 Å². The third-order valence-corrected chi connectivity index (χ3v) is 6.29. The zero-order chi connectivity index (χ0) is 15.0. The molecule has 2 atom stereocenters. The van der Waals surface area contributed by atoms with Gasteiger partial charge in [-0.2, -0.15) is 4.31 Å². The average molecular weight is 313 g/mol. The molecule has 6 nitrogen and oxygen atoms in total. The standard InChI is InChI=1S/C14H23N3O3S/c1-11-9-16-7-3-4-12(16)10-17(11)21(18,19)14-6-5-13(20-14)8-15-2/h5-6,11-12,15H,3-4,7-10H2,1-2H3. The van der Waals surface area contributed by atoms with Gasteiger partial charge in [-0.05, 0) is 45.5 Å². The lowest BCUT2D eigenvalue weighted by Crippen LogP contribution is -2.56. The van der Waals surface area contributed by atoms with Gasteiger partial charge in [-0.15, -0.1) is 0 Å². The van der Waals surface area contributed by atoms with E-state index < -0.39 is 10.0 Å². The van der Waals surface area contributed by atoms with E-state index in [2.05, 4.69) is 10.2 Å². The van der Waals surface area contributed by atoms with E-state index in [1.54, 1.807) is 23.5 Å². The maximum Gasteiger partial charge on any atom is 0.276 e. The van der Waals surface area contributed by atoms with E-state index in [0.717, 1.165) is 19.5 Å². The van der Waals surface area contributed by atoms with Crippen LogP contribution in [0.15, 0.2) is 21.6 Å². The Balaban J connectivity index is 1.82. The van der Waals surface area contributed by atoms with Crippen molar-refractivity contribution in [3.8, 4) is 0 Å². The van der Waals surface area contributed by atoms with E-state index in [-0.39, 0.29) is 11.1 Å². The predicted octanol–water partition coefficient (Wildman–Crippen LogP) is 0.856. The number of rotatable bonds is 4. The highest BCUT2D eigenvalue weighted by Crippen LogP contribution is 2.29. The average Bonchev–Trinajstić information content (AvgIpc) is 3.06. The molecule has 2 aliphatic heterocycles. The Morgan fingerprint density at radius 1 is 1.38 bits per heavy atom. The first-order chi connectivity index (χ1) is 10.0. The molecule has 2 unspecified atom stereocenters. The van der Waals surface area contributed by atoms with Crippen LogP contribution in [0.4, 0.5) is 0 Å². The van der Waals surface area contributed by atoms with Gasteiger partial charge in [-0.25, -0.2) is 8.42 Å². The molecule has 21 heavy (non-hydrogen) atoms. The van der Waals surface area contributed by atoms with Gasteiger partial charge in [0.25, 0.3) is 10.0 Å². The summed E-state index contributed by atoms with van der Waals surface area (Å²) in [6.45, 7) is 4.99. The molecular formula is C14H23N3O3S. The fourth-order valence-corrected chi connectivity index (χ4v) is 4.97. The molecule has 2 saturated heterocycles. The normalized spacial score (nSPS) is 27.9. The van der Waals surface area contributed by atoms with Gasteiger partial charge in [0.2, 0.25) is 5.09 Å². The zero-order valence-electron chi connectivity index (χ0n) is 12.6. The molecule has 0 aromatic carbocycles. The van der Waals surface area contributed by atoms with Crippen molar-refractivity contribution in [3.05, 3.63) is 17.9 Å². The van der Waals surface area contributed by atoms with E-state index >= 15 is 0 Å². The molecule has 1 aromatic heterocycles. The maximum absolute atomic E-state index is 12.8. The lowest BCUT2D eigenvalue weighted by molar-refractivity contribution is 0.115. The number of fused-ring (bicyclic) bond motifs is 1. The molecule has 0 amide bonds. The molecule has 0 radical (unpaired) electrons. The highest BCUT2D eigenvalue weighted by molar-refractivity contribution is 7.89. The van der Waals surface area contributed by atoms with Crippen LogP contribution < -0.4 is 5.32 Å². The number of nitrogens with one attached hydrogen (secondary N) is 1. The summed E-state index contributed by atoms with van der Waals surface area (Å²) < 4.78 is 32.7. The number of sulfonamides is 1. The Hall–Kier alpha value is -0.890. The van der Waals surface area contributed by atoms with Gasteiger partial charge < -0.3 is 9.73 Å². The minimum absolute atomic E-state index is 0.0119. The second-order valence-corrected chi connectivity index (χ2v) is 7.79. The van der Waals surface area contributed by atoms with Crippen LogP contribution in [-0.4, -0.2) is 56.4 Å². The third-order valence-electron chi connectivity index (χ3n) is 4.43. The molecule has 1 aromatic rings. The fourth-order valence-electron chi connectivity index (χ4n) is 3.38. The van der Waals surface area contributed by atoms with Gasteiger partial charge in [0, 0.05) is 25.2 Å². The molecule has 0 saturated carbocycles. The summed E-state index contributed by atoms with van der Waals surface area (Å²) in [6.07, 6.45) is 2.25. The lowest BCUT2D eigenvalue weighted by atomic mass is 10.1. The Morgan fingerprint density at radius 2 is 2.19 bits per heavy atom. The van der Waals surface area contributed by atoms with Gasteiger partial charge >= 0.3 is 0 Å². The van der Waals surface area contributed by atoms with E-state index in [1.807, 2.05) is 6.92 Å². The number of hydrogen-bond acceptors (Lipinski definition) is 5. The molecule has 0 aliphatic carbocycles. The van der Waals surface area contributed by atoms with Crippen LogP contribution in [0.5, 0.6) is 0 Å². The molecule has 0 bridgehead atoms. The van der Waals surface area contributed by atoms with Crippen molar-refractivity contribution in [3.63, 3.8) is 0 Å². The largest absolute Gasteiger partial charge is 0.447 e. The molecule has 1 N–H and O–H groups in total. The summed E-state index contributed by atoms with van der Waals surface area (Å²) in [5.41, 5.74) is 0. The van der Waals surface area contributed by atoms with Crippen molar-refractivity contribution in [2.24, 2.45) is 0 Å². The van der Waals surface area contributed by atoms with E-state index in [4.69, 9.17) is 4.42 Å². The van der Waals surface area contributed by atoms with E-state index in [0.29, 0.717) is 24.9 Å². The predicted molar refractivity (Wildman–Crippen MR) is 79.4 cm³/mol. The van der Waals surface area contributed by atoms with Crippen LogP contribution in [0.2, 0.25) is 0 Å². The summed E-state index contributed by atoms with van der Waals surface area (Å²) in [6, 6.07) is 3.64. The van der Waals surface area contributed by atoms with E-state index in [9.17, 15) is 8.42 Å². The first-order valence-corrected chi connectivity index (χ1v) is 8.95. The van der Waals surface area contributed by atoms with Crippen molar-refractivity contribution in [2.45, 2.75) is 43.5 Å². The maximum atomic E-state index is 12.8. The van der Waals surface area contributed by atoms with Crippen LogP contribution in [0.1, 0.15) is 25.5 Å². The summed E-state index contributed by atoms with van der Waals surface area (Å²) in [5, 5.41) is 3.02. The smallest absolute Gasteiger partial charge is 0.276 e. The summed E-state index contributed by atoms with van der Waals surface area (Å²) in [7, 11) is -1.73. The fraction of sp³-hybridized carbons (Fsp3) is 0.714. The molecule has 0 spiro atoms. The van der Waals surface area contributed by atoms with Crippen LogP contribution in [0.3, 0.4) is 0 Å². The van der Waals surface area contributed by atoms with Gasteiger partial charge in [-0.1, -0.05) is 0 Å². The second-order valence-electron chi connectivity index (χ2n) is 5.97. The van der Waals surface area contributed by atoms with Crippen molar-refractivity contribution >= 4 is 10.0 Å². The van der Waals surface area contributed by atoms with Gasteiger partial charge in [0.05, 0.1) is 6.54 Å². The number of nitrogens with zero attached hydrogens (tertiary/aromatic N) is 2. The van der Waals surface area contributed by atoms with Crippen LogP contribution >= 0.6 is 0 Å². The summed E-state index contributed by atoms with van der Waals surface area (Å²) in [5.74, 6) is 0.642. The van der Waals surface area contributed by atoms with Gasteiger partial charge in [0.1, 0.15) is 5.76 Å². The van der Waals surface area contributed by atoms with Gasteiger partial charge in [0.15, 0.2) is 0 Å². The molecule has 7 heteroatoms. The van der Waals surface area contributed by atoms with Gasteiger partial charge in [-0.3, -0.25) is 4.90 Å². The topological polar surface area (TPSA) is 65.8 Å². The summed E-state index contributed by atoms with van der Waals surface area (Å²) >= 11 is 0. The molecule has 3 heterocycles.